The first-order valence-corrected chi connectivity index (χ1v) is 9.10. The van der Waals surface area contributed by atoms with Crippen LogP contribution in [0.15, 0.2) is 33.7 Å². The van der Waals surface area contributed by atoms with Gasteiger partial charge in [0.1, 0.15) is 0 Å². The van der Waals surface area contributed by atoms with Crippen LogP contribution in [0.25, 0.3) is 0 Å². The highest BCUT2D eigenvalue weighted by molar-refractivity contribution is 9.10. The van der Waals surface area contributed by atoms with Gasteiger partial charge in [-0.25, -0.2) is 0 Å². The number of aliphatic imine (C=N–C) groups is 1. The van der Waals surface area contributed by atoms with Gasteiger partial charge in [0.2, 0.25) is 5.91 Å². The van der Waals surface area contributed by atoms with Gasteiger partial charge in [0.05, 0.1) is 0 Å². The van der Waals surface area contributed by atoms with E-state index in [9.17, 15) is 4.79 Å². The number of hydrogen-bond acceptors (Lipinski definition) is 3. The molecule has 24 heavy (non-hydrogen) atoms. The summed E-state index contributed by atoms with van der Waals surface area (Å²) in [4.78, 5) is 16.4. The van der Waals surface area contributed by atoms with Gasteiger partial charge in [-0.3, -0.25) is 9.79 Å². The van der Waals surface area contributed by atoms with E-state index in [1.54, 1.807) is 0 Å². The van der Waals surface area contributed by atoms with Crippen molar-refractivity contribution in [2.75, 3.05) is 38.2 Å². The van der Waals surface area contributed by atoms with Crippen molar-refractivity contribution < 1.29 is 9.53 Å². The number of nitrogens with zero attached hydrogens (tertiary/aromatic N) is 1. The predicted molar refractivity (Wildman–Crippen MR) is 102 cm³/mol. The van der Waals surface area contributed by atoms with Gasteiger partial charge in [-0.05, 0) is 44.5 Å². The molecule has 0 unspecified atom stereocenters. The van der Waals surface area contributed by atoms with E-state index < -0.39 is 0 Å². The van der Waals surface area contributed by atoms with Gasteiger partial charge < -0.3 is 20.7 Å². The van der Waals surface area contributed by atoms with Crippen LogP contribution in [0.4, 0.5) is 5.69 Å². The molecular formula is C17H27BrN4O2. The monoisotopic (exact) mass is 398 g/mol. The molecule has 3 N–H and O–H groups in total. The van der Waals surface area contributed by atoms with E-state index in [4.69, 9.17) is 4.74 Å². The molecular weight excluding hydrogens is 372 g/mol. The average Bonchev–Trinajstić information content (AvgIpc) is 2.56. The number of nitrogens with one attached hydrogen (secondary N) is 3. The molecule has 0 bridgehead atoms. The fourth-order valence-electron chi connectivity index (χ4n) is 1.89. The van der Waals surface area contributed by atoms with Crippen LogP contribution in [-0.4, -0.2) is 44.7 Å². The first kappa shape index (κ1) is 20.4. The van der Waals surface area contributed by atoms with Gasteiger partial charge in [-0.1, -0.05) is 15.9 Å². The second-order valence-corrected chi connectivity index (χ2v) is 5.96. The molecule has 1 aromatic carbocycles. The second-order valence-electron chi connectivity index (χ2n) is 5.04. The number of carbonyl (C=O) groups is 1. The third-order valence-corrected chi connectivity index (χ3v) is 3.57. The molecule has 1 amide bonds. The van der Waals surface area contributed by atoms with Crippen molar-refractivity contribution in [1.29, 1.82) is 0 Å². The molecule has 0 fully saturated rings. The number of hydrogen-bond donors (Lipinski definition) is 3. The highest BCUT2D eigenvalue weighted by atomic mass is 79.9. The molecule has 1 rings (SSSR count). The van der Waals surface area contributed by atoms with E-state index in [-0.39, 0.29) is 5.91 Å². The van der Waals surface area contributed by atoms with E-state index in [1.807, 2.05) is 38.1 Å². The van der Waals surface area contributed by atoms with Crippen molar-refractivity contribution in [3.63, 3.8) is 0 Å². The smallest absolute Gasteiger partial charge is 0.226 e. The molecule has 6 nitrogen and oxygen atoms in total. The molecule has 134 valence electrons. The van der Waals surface area contributed by atoms with Crippen molar-refractivity contribution in [3.05, 3.63) is 28.7 Å². The molecule has 0 saturated heterocycles. The number of guanidine groups is 1. The van der Waals surface area contributed by atoms with Crippen molar-refractivity contribution in [2.24, 2.45) is 4.99 Å². The van der Waals surface area contributed by atoms with Gasteiger partial charge in [0.15, 0.2) is 5.96 Å². The lowest BCUT2D eigenvalue weighted by atomic mass is 10.3. The molecule has 0 aliphatic rings. The van der Waals surface area contributed by atoms with Crippen LogP contribution in [0.5, 0.6) is 0 Å². The molecule has 0 atom stereocenters. The summed E-state index contributed by atoms with van der Waals surface area (Å²) in [5.74, 6) is 0.697. The minimum absolute atomic E-state index is 0.0305. The lowest BCUT2D eigenvalue weighted by Gasteiger charge is -2.11. The number of benzene rings is 1. The van der Waals surface area contributed by atoms with Gasteiger partial charge in [0.25, 0.3) is 0 Å². The molecule has 0 aromatic heterocycles. The average molecular weight is 399 g/mol. The summed E-state index contributed by atoms with van der Waals surface area (Å²) in [6.07, 6.45) is 1.26. The lowest BCUT2D eigenvalue weighted by Crippen LogP contribution is -2.38. The van der Waals surface area contributed by atoms with Crippen molar-refractivity contribution in [1.82, 2.24) is 10.6 Å². The Morgan fingerprint density at radius 2 is 1.96 bits per heavy atom. The van der Waals surface area contributed by atoms with Crippen LogP contribution in [0, 0.1) is 0 Å². The summed E-state index contributed by atoms with van der Waals surface area (Å²) in [5.41, 5.74) is 0.791. The van der Waals surface area contributed by atoms with Crippen molar-refractivity contribution >= 4 is 33.5 Å². The normalized spacial score (nSPS) is 11.2. The van der Waals surface area contributed by atoms with Gasteiger partial charge in [0, 0.05) is 49.4 Å². The number of halogens is 1. The number of ether oxygens (including phenoxy) is 1. The van der Waals surface area contributed by atoms with E-state index >= 15 is 0 Å². The Bertz CT molecular complexity index is 506. The first-order chi connectivity index (χ1) is 11.7. The summed E-state index contributed by atoms with van der Waals surface area (Å²) < 4.78 is 6.27. The third kappa shape index (κ3) is 9.52. The number of rotatable bonds is 10. The van der Waals surface area contributed by atoms with Gasteiger partial charge in [-0.15, -0.1) is 0 Å². The summed E-state index contributed by atoms with van der Waals surface area (Å²) in [6.45, 7) is 7.44. The molecule has 0 heterocycles. The molecule has 7 heteroatoms. The standard InChI is InChI=1S/C17H27BrN4O2/c1-3-19-17(20-11-5-13-24-4-2)21-12-10-16(23)22-15-8-6-14(18)7-9-15/h6-9H,3-5,10-13H2,1-2H3,(H,22,23)(H2,19,20,21). The third-order valence-electron chi connectivity index (χ3n) is 3.04. The summed E-state index contributed by atoms with van der Waals surface area (Å²) in [6, 6.07) is 7.51. The number of anilines is 1. The molecule has 1 aromatic rings. The van der Waals surface area contributed by atoms with Gasteiger partial charge >= 0.3 is 0 Å². The van der Waals surface area contributed by atoms with E-state index in [2.05, 4.69) is 36.9 Å². The Kier molecular flexibility index (Phi) is 10.9. The van der Waals surface area contributed by atoms with Crippen LogP contribution >= 0.6 is 15.9 Å². The summed E-state index contributed by atoms with van der Waals surface area (Å²) in [7, 11) is 0. The number of amides is 1. The Labute approximate surface area is 152 Å². The van der Waals surface area contributed by atoms with Crippen LogP contribution in [-0.2, 0) is 9.53 Å². The van der Waals surface area contributed by atoms with E-state index in [0.29, 0.717) is 19.5 Å². The highest BCUT2D eigenvalue weighted by Gasteiger charge is 2.03. The quantitative estimate of drug-likeness (QED) is 0.321. The molecule has 0 radical (unpaired) electrons. The number of carbonyl (C=O) groups excluding carboxylic acids is 1. The zero-order chi connectivity index (χ0) is 17.6. The van der Waals surface area contributed by atoms with E-state index in [1.165, 1.54) is 0 Å². The highest BCUT2D eigenvalue weighted by Crippen LogP contribution is 2.14. The van der Waals surface area contributed by atoms with Crippen LogP contribution < -0.4 is 16.0 Å². The summed E-state index contributed by atoms with van der Waals surface area (Å²) >= 11 is 3.37. The first-order valence-electron chi connectivity index (χ1n) is 8.31. The Hall–Kier alpha value is -1.60. The Balaban J connectivity index is 2.29. The maximum Gasteiger partial charge on any atom is 0.226 e. The SMILES string of the molecule is CCNC(=NCCCOCC)NCCC(=O)Nc1ccc(Br)cc1. The molecule has 0 aliphatic heterocycles. The van der Waals surface area contributed by atoms with Gasteiger partial charge in [-0.2, -0.15) is 0 Å². The largest absolute Gasteiger partial charge is 0.382 e. The van der Waals surface area contributed by atoms with Crippen molar-refractivity contribution in [2.45, 2.75) is 26.7 Å². The second kappa shape index (κ2) is 12.8. The maximum absolute atomic E-state index is 11.9. The van der Waals surface area contributed by atoms with E-state index in [0.717, 1.165) is 42.3 Å². The fourth-order valence-corrected chi connectivity index (χ4v) is 2.16. The van der Waals surface area contributed by atoms with Crippen LogP contribution in [0.1, 0.15) is 26.7 Å². The Morgan fingerprint density at radius 1 is 1.21 bits per heavy atom. The zero-order valence-corrected chi connectivity index (χ0v) is 16.0. The fraction of sp³-hybridized carbons (Fsp3) is 0.529. The molecule has 0 aliphatic carbocycles. The van der Waals surface area contributed by atoms with Crippen LogP contribution in [0.3, 0.4) is 0 Å². The minimum Gasteiger partial charge on any atom is -0.382 e. The Morgan fingerprint density at radius 3 is 2.62 bits per heavy atom. The maximum atomic E-state index is 11.9. The minimum atomic E-state index is -0.0305. The van der Waals surface area contributed by atoms with Crippen molar-refractivity contribution in [3.8, 4) is 0 Å². The lowest BCUT2D eigenvalue weighted by molar-refractivity contribution is -0.116. The topological polar surface area (TPSA) is 74.8 Å². The summed E-state index contributed by atoms with van der Waals surface area (Å²) in [5, 5.41) is 9.20. The predicted octanol–water partition coefficient (Wildman–Crippen LogP) is 2.76. The molecule has 0 saturated carbocycles. The zero-order valence-electron chi connectivity index (χ0n) is 14.4. The van der Waals surface area contributed by atoms with Crippen LogP contribution in [0.2, 0.25) is 0 Å². The molecule has 0 spiro atoms.